The van der Waals surface area contributed by atoms with E-state index in [4.69, 9.17) is 5.11 Å². The number of aliphatic hydroxyl groups excluding tert-OH is 1. The molecule has 0 spiro atoms. The highest BCUT2D eigenvalue weighted by molar-refractivity contribution is 7.10. The van der Waals surface area contributed by atoms with Gasteiger partial charge in [0.2, 0.25) is 5.91 Å². The number of aliphatic hydroxyl groups is 1. The molecule has 0 bridgehead atoms. The van der Waals surface area contributed by atoms with E-state index in [-0.39, 0.29) is 18.9 Å². The van der Waals surface area contributed by atoms with Gasteiger partial charge in [0, 0.05) is 17.8 Å². The highest BCUT2D eigenvalue weighted by Crippen LogP contribution is 2.15. The fourth-order valence-electron chi connectivity index (χ4n) is 1.17. The number of hydrogen-bond acceptors (Lipinski definition) is 3. The third-order valence-corrected chi connectivity index (χ3v) is 3.06. The molecule has 14 heavy (non-hydrogen) atoms. The van der Waals surface area contributed by atoms with Crippen molar-refractivity contribution < 1.29 is 9.90 Å². The van der Waals surface area contributed by atoms with E-state index in [1.807, 2.05) is 0 Å². The van der Waals surface area contributed by atoms with Crippen molar-refractivity contribution in [2.75, 3.05) is 13.2 Å². The molecule has 78 valence electrons. The average molecular weight is 213 g/mol. The first-order valence-corrected chi connectivity index (χ1v) is 5.52. The van der Waals surface area contributed by atoms with E-state index in [1.54, 1.807) is 11.3 Å². The van der Waals surface area contributed by atoms with Crippen molar-refractivity contribution in [3.05, 3.63) is 21.9 Å². The third-order valence-electron chi connectivity index (χ3n) is 1.98. The average Bonchev–Trinajstić information content (AvgIpc) is 2.52. The summed E-state index contributed by atoms with van der Waals surface area (Å²) in [5.41, 5.74) is 1.28. The van der Waals surface area contributed by atoms with Crippen molar-refractivity contribution >= 4 is 17.2 Å². The number of aryl methyl sites for hydroxylation is 1. The lowest BCUT2D eigenvalue weighted by Gasteiger charge is -2.03. The van der Waals surface area contributed by atoms with E-state index in [1.165, 1.54) is 10.4 Å². The Morgan fingerprint density at radius 2 is 2.43 bits per heavy atom. The molecule has 2 N–H and O–H groups in total. The van der Waals surface area contributed by atoms with Crippen LogP contribution in [0.4, 0.5) is 0 Å². The van der Waals surface area contributed by atoms with Crippen LogP contribution < -0.4 is 5.32 Å². The molecule has 0 aliphatic rings. The summed E-state index contributed by atoms with van der Waals surface area (Å²) in [5, 5.41) is 13.3. The maximum atomic E-state index is 11.0. The summed E-state index contributed by atoms with van der Waals surface area (Å²) < 4.78 is 0. The molecule has 4 heteroatoms. The van der Waals surface area contributed by atoms with E-state index < -0.39 is 0 Å². The Labute approximate surface area is 87.8 Å². The zero-order valence-electron chi connectivity index (χ0n) is 8.25. The Morgan fingerprint density at radius 1 is 1.64 bits per heavy atom. The summed E-state index contributed by atoms with van der Waals surface area (Å²) in [5.74, 6) is -0.0818. The monoisotopic (exact) mass is 213 g/mol. The molecule has 1 aromatic heterocycles. The molecular weight excluding hydrogens is 198 g/mol. The topological polar surface area (TPSA) is 49.3 Å². The molecule has 0 saturated carbocycles. The van der Waals surface area contributed by atoms with Gasteiger partial charge in [-0.25, -0.2) is 0 Å². The molecule has 0 fully saturated rings. The van der Waals surface area contributed by atoms with Crippen molar-refractivity contribution in [1.82, 2.24) is 5.32 Å². The van der Waals surface area contributed by atoms with Gasteiger partial charge in [-0.1, -0.05) is 0 Å². The molecule has 1 aromatic rings. The number of hydrogen-bond donors (Lipinski definition) is 2. The van der Waals surface area contributed by atoms with Crippen LogP contribution in [0.1, 0.15) is 16.9 Å². The SMILES string of the molecule is Cc1ccsc1CCNC(=O)CCO. The lowest BCUT2D eigenvalue weighted by molar-refractivity contribution is -0.121. The van der Waals surface area contributed by atoms with Gasteiger partial charge in [-0.15, -0.1) is 11.3 Å². The molecule has 1 rings (SSSR count). The molecule has 3 nitrogen and oxygen atoms in total. The molecule has 0 aliphatic heterocycles. The van der Waals surface area contributed by atoms with Crippen molar-refractivity contribution in [3.63, 3.8) is 0 Å². The van der Waals surface area contributed by atoms with Gasteiger partial charge in [0.25, 0.3) is 0 Å². The molecule has 0 aromatic carbocycles. The summed E-state index contributed by atoms with van der Waals surface area (Å²) in [6.45, 7) is 2.64. The fourth-order valence-corrected chi connectivity index (χ4v) is 2.08. The molecule has 1 amide bonds. The number of amides is 1. The molecule has 0 unspecified atom stereocenters. The van der Waals surface area contributed by atoms with Crippen molar-refractivity contribution in [3.8, 4) is 0 Å². The number of carbonyl (C=O) groups excluding carboxylic acids is 1. The van der Waals surface area contributed by atoms with Gasteiger partial charge in [-0.3, -0.25) is 4.79 Å². The minimum absolute atomic E-state index is 0.0795. The second kappa shape index (κ2) is 5.78. The lowest BCUT2D eigenvalue weighted by Crippen LogP contribution is -2.26. The van der Waals surface area contributed by atoms with Crippen LogP contribution in [0, 0.1) is 6.92 Å². The summed E-state index contributed by atoms with van der Waals surface area (Å²) >= 11 is 1.71. The Bertz CT molecular complexity index is 296. The number of nitrogens with one attached hydrogen (secondary N) is 1. The maximum absolute atomic E-state index is 11.0. The number of thiophene rings is 1. The van der Waals surface area contributed by atoms with Gasteiger partial charge in [0.1, 0.15) is 0 Å². The van der Waals surface area contributed by atoms with Gasteiger partial charge in [0.15, 0.2) is 0 Å². The fraction of sp³-hybridized carbons (Fsp3) is 0.500. The maximum Gasteiger partial charge on any atom is 0.222 e. The van der Waals surface area contributed by atoms with Gasteiger partial charge in [0.05, 0.1) is 6.61 Å². The smallest absolute Gasteiger partial charge is 0.222 e. The zero-order valence-corrected chi connectivity index (χ0v) is 9.06. The highest BCUT2D eigenvalue weighted by Gasteiger charge is 2.01. The van der Waals surface area contributed by atoms with Crippen molar-refractivity contribution in [2.24, 2.45) is 0 Å². The first kappa shape index (κ1) is 11.2. The Morgan fingerprint density at radius 3 is 3.00 bits per heavy atom. The van der Waals surface area contributed by atoms with E-state index >= 15 is 0 Å². The molecule has 0 radical (unpaired) electrons. The second-order valence-electron chi connectivity index (χ2n) is 3.10. The molecular formula is C10H15NO2S. The Balaban J connectivity index is 2.22. The number of rotatable bonds is 5. The molecule has 0 aliphatic carbocycles. The van der Waals surface area contributed by atoms with Crippen LogP contribution in [0.5, 0.6) is 0 Å². The van der Waals surface area contributed by atoms with Gasteiger partial charge >= 0.3 is 0 Å². The van der Waals surface area contributed by atoms with Crippen molar-refractivity contribution in [2.45, 2.75) is 19.8 Å². The van der Waals surface area contributed by atoms with E-state index in [2.05, 4.69) is 23.7 Å². The van der Waals surface area contributed by atoms with Crippen LogP contribution in [0.2, 0.25) is 0 Å². The summed E-state index contributed by atoms with van der Waals surface area (Å²) in [6, 6.07) is 2.08. The Kier molecular flexibility index (Phi) is 4.62. The van der Waals surface area contributed by atoms with Crippen LogP contribution in [0.3, 0.4) is 0 Å². The van der Waals surface area contributed by atoms with Crippen LogP contribution >= 0.6 is 11.3 Å². The minimum atomic E-state index is -0.0818. The highest BCUT2D eigenvalue weighted by atomic mass is 32.1. The number of carbonyl (C=O) groups is 1. The normalized spacial score (nSPS) is 10.1. The van der Waals surface area contributed by atoms with Crippen LogP contribution in [-0.2, 0) is 11.2 Å². The first-order chi connectivity index (χ1) is 6.74. The van der Waals surface area contributed by atoms with Crippen molar-refractivity contribution in [1.29, 1.82) is 0 Å². The molecule has 0 atom stereocenters. The predicted octanol–water partition coefficient (Wildman–Crippen LogP) is 1.10. The zero-order chi connectivity index (χ0) is 10.4. The molecule has 0 saturated heterocycles. The van der Waals surface area contributed by atoms with E-state index in [0.717, 1.165) is 6.42 Å². The van der Waals surface area contributed by atoms with E-state index in [0.29, 0.717) is 6.54 Å². The molecule has 1 heterocycles. The standard InChI is InChI=1S/C10H15NO2S/c1-8-4-7-14-9(8)2-5-11-10(13)3-6-12/h4,7,12H,2-3,5-6H2,1H3,(H,11,13). The quantitative estimate of drug-likeness (QED) is 0.769. The summed E-state index contributed by atoms with van der Waals surface area (Å²) in [6.07, 6.45) is 1.07. The van der Waals surface area contributed by atoms with Gasteiger partial charge < -0.3 is 10.4 Å². The lowest BCUT2D eigenvalue weighted by atomic mass is 10.2. The summed E-state index contributed by atoms with van der Waals surface area (Å²) in [7, 11) is 0. The predicted molar refractivity (Wildman–Crippen MR) is 57.5 cm³/mol. The second-order valence-corrected chi connectivity index (χ2v) is 4.10. The minimum Gasteiger partial charge on any atom is -0.396 e. The first-order valence-electron chi connectivity index (χ1n) is 4.64. The van der Waals surface area contributed by atoms with E-state index in [9.17, 15) is 4.79 Å². The third kappa shape index (κ3) is 3.47. The Hall–Kier alpha value is -0.870. The van der Waals surface area contributed by atoms with Crippen LogP contribution in [0.15, 0.2) is 11.4 Å². The van der Waals surface area contributed by atoms with Crippen LogP contribution in [0.25, 0.3) is 0 Å². The van der Waals surface area contributed by atoms with Gasteiger partial charge in [-0.05, 0) is 30.4 Å². The summed E-state index contributed by atoms with van der Waals surface area (Å²) in [4.78, 5) is 12.3. The van der Waals surface area contributed by atoms with Crippen LogP contribution in [-0.4, -0.2) is 24.2 Å². The largest absolute Gasteiger partial charge is 0.396 e. The van der Waals surface area contributed by atoms with Gasteiger partial charge in [-0.2, -0.15) is 0 Å².